The van der Waals surface area contributed by atoms with E-state index in [1.54, 1.807) is 0 Å². The summed E-state index contributed by atoms with van der Waals surface area (Å²) in [6.45, 7) is 0. The Morgan fingerprint density at radius 3 is 1.00 bits per heavy atom. The van der Waals surface area contributed by atoms with Crippen LogP contribution in [0.1, 0.15) is 0 Å². The standard InChI is InChI=1S/Cs.H3N.2H2O/h;1H3;2*1H2/q+1;;;/p-1. The molecule has 4 heavy (non-hydrogen) atoms. The van der Waals surface area contributed by atoms with Crippen LogP contribution in [-0.4, -0.2) is 11.0 Å². The van der Waals surface area contributed by atoms with Gasteiger partial charge in [-0.25, -0.2) is 0 Å². The first-order valence-electron chi connectivity index (χ1n) is 0. The molecule has 0 aliphatic carbocycles. The van der Waals surface area contributed by atoms with E-state index in [0.29, 0.717) is 0 Å². The van der Waals surface area contributed by atoms with Gasteiger partial charge in [0.25, 0.3) is 0 Å². The molecule has 0 aromatic carbocycles. The Bertz CT molecular complexity index is 6.00. The topological polar surface area (TPSA) is 96.5 Å². The molecule has 0 aliphatic heterocycles. The van der Waals surface area contributed by atoms with Crippen molar-refractivity contribution in [1.82, 2.24) is 6.15 Å². The van der Waals surface area contributed by atoms with Crippen molar-refractivity contribution < 1.29 is 79.8 Å². The zero-order valence-electron chi connectivity index (χ0n) is 2.65. The molecule has 0 saturated heterocycles. The van der Waals surface area contributed by atoms with E-state index in [2.05, 4.69) is 0 Å². The zero-order valence-corrected chi connectivity index (χ0v) is 8.93. The Kier molecular flexibility index (Phi) is 197. The maximum Gasteiger partial charge on any atom is 1.00 e. The molecule has 0 aromatic heterocycles. The van der Waals surface area contributed by atoms with Gasteiger partial charge in [-0.2, -0.15) is 0 Å². The summed E-state index contributed by atoms with van der Waals surface area (Å²) in [5.74, 6) is 0. The fourth-order valence-electron chi connectivity index (χ4n) is 0. The molecule has 3 nitrogen and oxygen atoms in total. The Labute approximate surface area is 83.8 Å². The third-order valence-corrected chi connectivity index (χ3v) is 0. The minimum absolute atomic E-state index is 0. The Hall–Kier alpha value is 1.93. The molecule has 24 valence electrons. The van der Waals surface area contributed by atoms with E-state index in [1.165, 1.54) is 0 Å². The fourth-order valence-corrected chi connectivity index (χ4v) is 0. The summed E-state index contributed by atoms with van der Waals surface area (Å²) in [5, 5.41) is 0. The van der Waals surface area contributed by atoms with Gasteiger partial charge >= 0.3 is 68.9 Å². The van der Waals surface area contributed by atoms with E-state index in [-0.39, 0.29) is 86.0 Å². The molecular formula is H6CsNO2. The molecule has 0 aromatic rings. The first kappa shape index (κ1) is 38.7. The molecule has 6 N–H and O–H groups in total. The molecular weight excluding hydrogens is 179 g/mol. The molecule has 0 radical (unpaired) electrons. The summed E-state index contributed by atoms with van der Waals surface area (Å²) in [4.78, 5) is 0. The van der Waals surface area contributed by atoms with Gasteiger partial charge in [0.2, 0.25) is 0 Å². The van der Waals surface area contributed by atoms with E-state index in [4.69, 9.17) is 0 Å². The average molecular weight is 185 g/mol. The molecule has 0 rings (SSSR count). The third kappa shape index (κ3) is 9.06. The van der Waals surface area contributed by atoms with Gasteiger partial charge in [0, 0.05) is 0 Å². The molecule has 0 saturated carbocycles. The Morgan fingerprint density at radius 1 is 1.00 bits per heavy atom. The summed E-state index contributed by atoms with van der Waals surface area (Å²) in [6, 6.07) is 0. The predicted octanol–water partition coefficient (Wildman–Crippen LogP) is -3.84. The van der Waals surface area contributed by atoms with Crippen molar-refractivity contribution in [2.24, 2.45) is 0 Å². The van der Waals surface area contributed by atoms with Crippen molar-refractivity contribution in [3.63, 3.8) is 0 Å². The normalized spacial score (nSPS) is 0. The van der Waals surface area contributed by atoms with E-state index in [0.717, 1.165) is 0 Å². The average Bonchev–Trinajstić information content (AvgIpc) is 0. The number of hydrogen-bond acceptors (Lipinski definition) is 2. The molecule has 0 amide bonds. The zero-order chi connectivity index (χ0) is 0. The van der Waals surface area contributed by atoms with Crippen molar-refractivity contribution in [2.45, 2.75) is 0 Å². The summed E-state index contributed by atoms with van der Waals surface area (Å²) in [5.41, 5.74) is 0. The molecule has 0 atom stereocenters. The fraction of sp³-hybridized carbons (Fsp3) is 0. The van der Waals surface area contributed by atoms with Crippen molar-refractivity contribution in [2.75, 3.05) is 0 Å². The summed E-state index contributed by atoms with van der Waals surface area (Å²) in [6.07, 6.45) is 0. The van der Waals surface area contributed by atoms with Crippen LogP contribution in [0.4, 0.5) is 0 Å². The number of rotatable bonds is 0. The van der Waals surface area contributed by atoms with Gasteiger partial charge in [-0.3, -0.25) is 0 Å². The molecule has 0 unspecified atom stereocenters. The van der Waals surface area contributed by atoms with Crippen LogP contribution < -0.4 is 75.0 Å². The van der Waals surface area contributed by atoms with E-state index < -0.39 is 0 Å². The maximum atomic E-state index is 0. The minimum Gasteiger partial charge on any atom is -0.870 e. The summed E-state index contributed by atoms with van der Waals surface area (Å²) < 4.78 is 0. The molecule has 0 aliphatic rings. The van der Waals surface area contributed by atoms with Crippen LogP contribution in [0.3, 0.4) is 0 Å². The summed E-state index contributed by atoms with van der Waals surface area (Å²) in [7, 11) is 0. The molecule has 4 heteroatoms. The van der Waals surface area contributed by atoms with Crippen LogP contribution in [0, 0.1) is 0 Å². The second kappa shape index (κ2) is 20.4. The van der Waals surface area contributed by atoms with Gasteiger partial charge in [-0.15, -0.1) is 0 Å². The van der Waals surface area contributed by atoms with Crippen LogP contribution in [0.2, 0.25) is 0 Å². The second-order valence-electron chi connectivity index (χ2n) is 0. The monoisotopic (exact) mass is 185 g/mol. The van der Waals surface area contributed by atoms with Gasteiger partial charge in [0.1, 0.15) is 0 Å². The first-order valence-corrected chi connectivity index (χ1v) is 0. The van der Waals surface area contributed by atoms with Crippen LogP contribution in [0.25, 0.3) is 0 Å². The van der Waals surface area contributed by atoms with Gasteiger partial charge in [0.05, 0.1) is 0 Å². The molecule has 0 heterocycles. The molecule has 0 spiro atoms. The van der Waals surface area contributed by atoms with Crippen molar-refractivity contribution in [1.29, 1.82) is 0 Å². The van der Waals surface area contributed by atoms with E-state index >= 15 is 0 Å². The predicted molar refractivity (Wildman–Crippen MR) is 10.6 cm³/mol. The maximum absolute atomic E-state index is 0. The van der Waals surface area contributed by atoms with Crippen molar-refractivity contribution >= 4 is 0 Å². The van der Waals surface area contributed by atoms with E-state index in [1.807, 2.05) is 0 Å². The van der Waals surface area contributed by atoms with Crippen LogP contribution >= 0.6 is 0 Å². The molecule has 0 fully saturated rings. The molecule has 0 bridgehead atoms. The SMILES string of the molecule is N.O.[Cs+].[OH-]. The van der Waals surface area contributed by atoms with Gasteiger partial charge < -0.3 is 17.1 Å². The van der Waals surface area contributed by atoms with Gasteiger partial charge in [-0.05, 0) is 0 Å². The third-order valence-electron chi connectivity index (χ3n) is 0. The number of hydrogen-bond donors (Lipinski definition) is 1. The largest absolute Gasteiger partial charge is 1.00 e. The van der Waals surface area contributed by atoms with Crippen LogP contribution in [-0.2, 0) is 0 Å². The second-order valence-corrected chi connectivity index (χ2v) is 0. The quantitative estimate of drug-likeness (QED) is 0.418. The summed E-state index contributed by atoms with van der Waals surface area (Å²) >= 11 is 0. The van der Waals surface area contributed by atoms with Gasteiger partial charge in [0.15, 0.2) is 0 Å². The first-order chi connectivity index (χ1) is 0. The smallest absolute Gasteiger partial charge is 0.870 e. The van der Waals surface area contributed by atoms with Crippen LogP contribution in [0.5, 0.6) is 0 Å². The van der Waals surface area contributed by atoms with Crippen molar-refractivity contribution in [3.8, 4) is 0 Å². The van der Waals surface area contributed by atoms with Gasteiger partial charge in [-0.1, -0.05) is 0 Å². The van der Waals surface area contributed by atoms with Crippen LogP contribution in [0.15, 0.2) is 0 Å². The Morgan fingerprint density at radius 2 is 1.00 bits per heavy atom. The van der Waals surface area contributed by atoms with E-state index in [9.17, 15) is 0 Å². The minimum atomic E-state index is 0. The van der Waals surface area contributed by atoms with Crippen molar-refractivity contribution in [3.05, 3.63) is 0 Å². The Balaban J connectivity index is 0.